The minimum absolute atomic E-state index is 0. The Balaban J connectivity index is 0.00000241. The third-order valence-electron chi connectivity index (χ3n) is 5.50. The van der Waals surface area contributed by atoms with E-state index in [1.54, 1.807) is 0 Å². The summed E-state index contributed by atoms with van der Waals surface area (Å²) >= 11 is 0. The van der Waals surface area contributed by atoms with Crippen LogP contribution in [0.3, 0.4) is 0 Å². The van der Waals surface area contributed by atoms with Crippen molar-refractivity contribution in [3.8, 4) is 0 Å². The van der Waals surface area contributed by atoms with Crippen LogP contribution in [-0.2, 0) is 15.8 Å². The number of anilines is 2. The quantitative estimate of drug-likeness (QED) is 0.506. The van der Waals surface area contributed by atoms with Crippen molar-refractivity contribution in [2.24, 2.45) is 0 Å². The Morgan fingerprint density at radius 1 is 1.09 bits per heavy atom. The van der Waals surface area contributed by atoms with Crippen molar-refractivity contribution in [2.75, 3.05) is 36.4 Å². The number of H-pyrrole nitrogens is 1. The van der Waals surface area contributed by atoms with Gasteiger partial charge in [-0.25, -0.2) is 9.78 Å². The number of hydrogen-bond donors (Lipinski definition) is 3. The maximum absolute atomic E-state index is 12.7. The molecule has 3 aromatic rings. The second-order valence-electron chi connectivity index (χ2n) is 8.00. The molecule has 1 saturated heterocycles. The lowest BCUT2D eigenvalue weighted by atomic mass is 10.2. The summed E-state index contributed by atoms with van der Waals surface area (Å²) in [6.45, 7) is 0.595. The number of imide groups is 1. The van der Waals surface area contributed by atoms with Gasteiger partial charge in [0.25, 0.3) is 0 Å². The summed E-state index contributed by atoms with van der Waals surface area (Å²) in [6.07, 6.45) is -4.04. The van der Waals surface area contributed by atoms with Crippen molar-refractivity contribution in [1.82, 2.24) is 20.2 Å². The first-order chi connectivity index (χ1) is 16.7. The molecule has 1 aliphatic heterocycles. The van der Waals surface area contributed by atoms with E-state index >= 15 is 0 Å². The van der Waals surface area contributed by atoms with Gasteiger partial charge in [-0.2, -0.15) is 13.2 Å². The van der Waals surface area contributed by atoms with Gasteiger partial charge in [0, 0.05) is 36.0 Å². The van der Waals surface area contributed by atoms with Crippen LogP contribution in [0.25, 0.3) is 11.0 Å². The van der Waals surface area contributed by atoms with Crippen molar-refractivity contribution in [3.63, 3.8) is 0 Å². The van der Waals surface area contributed by atoms with Gasteiger partial charge < -0.3 is 20.5 Å². The Morgan fingerprint density at radius 3 is 2.54 bits per heavy atom. The third-order valence-corrected chi connectivity index (χ3v) is 5.50. The van der Waals surface area contributed by atoms with Gasteiger partial charge in [-0.05, 0) is 42.8 Å². The number of urea groups is 1. The maximum atomic E-state index is 12.7. The van der Waals surface area contributed by atoms with Crippen LogP contribution >= 0.6 is 0 Å². The van der Waals surface area contributed by atoms with E-state index < -0.39 is 36.1 Å². The third kappa shape index (κ3) is 5.89. The normalized spacial score (nSPS) is 15.7. The maximum Gasteiger partial charge on any atom is 0.416 e. The second kappa shape index (κ2) is 10.0. The predicted octanol–water partition coefficient (Wildman–Crippen LogP) is 4.10. The first-order valence-electron chi connectivity index (χ1n) is 11.0. The lowest BCUT2D eigenvalue weighted by Gasteiger charge is -2.27. The van der Waals surface area contributed by atoms with Crippen molar-refractivity contribution in [3.05, 3.63) is 54.1 Å². The Kier molecular flexibility index (Phi) is 6.90. The molecule has 1 fully saturated rings. The van der Waals surface area contributed by atoms with Gasteiger partial charge in [0.15, 0.2) is 0 Å². The fourth-order valence-corrected chi connectivity index (χ4v) is 3.72. The minimum atomic E-state index is -4.49. The van der Waals surface area contributed by atoms with Crippen LogP contribution < -0.4 is 15.5 Å². The van der Waals surface area contributed by atoms with Crippen molar-refractivity contribution < 1.29 is 31.8 Å². The number of amides is 4. The summed E-state index contributed by atoms with van der Waals surface area (Å²) in [5, 5.41) is 5.05. The molecule has 4 rings (SSSR count). The number of aromatic amines is 1. The number of imidazole rings is 1. The number of aromatic nitrogens is 2. The van der Waals surface area contributed by atoms with Crippen LogP contribution in [0, 0.1) is 0 Å². The molecule has 0 radical (unpaired) electrons. The smallest absolute Gasteiger partial charge is 0.341 e. The number of para-hydroxylation sites is 2. The van der Waals surface area contributed by atoms with Gasteiger partial charge in [0.1, 0.15) is 6.54 Å². The van der Waals surface area contributed by atoms with Crippen LogP contribution in [0.4, 0.5) is 29.6 Å². The molecule has 0 saturated carbocycles. The Hall–Kier alpha value is -4.09. The summed E-state index contributed by atoms with van der Waals surface area (Å²) in [6, 6.07) is 10.8. The number of carbonyl (C=O) groups excluding carboxylic acids is 3. The van der Waals surface area contributed by atoms with Gasteiger partial charge in [-0.1, -0.05) is 12.1 Å². The van der Waals surface area contributed by atoms with Gasteiger partial charge in [0.05, 0.1) is 16.6 Å². The predicted molar refractivity (Wildman–Crippen MR) is 129 cm³/mol. The molecule has 2 heterocycles. The molecule has 0 unspecified atom stereocenters. The van der Waals surface area contributed by atoms with E-state index in [-0.39, 0.29) is 22.9 Å². The number of nitrogens with zero attached hydrogens (tertiary/aromatic N) is 3. The average Bonchev–Trinajstić information content (AvgIpc) is 3.25. The van der Waals surface area contributed by atoms with Crippen LogP contribution in [0.1, 0.15) is 22.7 Å². The zero-order valence-electron chi connectivity index (χ0n) is 18.6. The van der Waals surface area contributed by atoms with E-state index in [0.717, 1.165) is 40.2 Å². The van der Waals surface area contributed by atoms with Crippen molar-refractivity contribution in [2.45, 2.75) is 19.0 Å². The molecule has 4 amide bonds. The van der Waals surface area contributed by atoms with Gasteiger partial charge in [-0.3, -0.25) is 14.5 Å². The molecule has 190 valence electrons. The molecule has 2 aromatic carbocycles. The number of nitrogens with one attached hydrogen (secondary N) is 3. The van der Waals surface area contributed by atoms with Crippen molar-refractivity contribution >= 4 is 40.5 Å². The van der Waals surface area contributed by atoms with Gasteiger partial charge in [-0.15, -0.1) is 0 Å². The number of hydrogen-bond acceptors (Lipinski definition) is 5. The molecule has 12 heteroatoms. The van der Waals surface area contributed by atoms with E-state index in [1.165, 1.54) is 0 Å². The van der Waals surface area contributed by atoms with E-state index in [2.05, 4.69) is 20.6 Å². The lowest BCUT2D eigenvalue weighted by molar-refractivity contribution is -0.137. The number of halogens is 3. The summed E-state index contributed by atoms with van der Waals surface area (Å²) in [4.78, 5) is 48.3. The van der Waals surface area contributed by atoms with E-state index in [0.29, 0.717) is 25.5 Å². The molecular formula is C23H29F3N6O3. The van der Waals surface area contributed by atoms with Crippen LogP contribution in [0.5, 0.6) is 0 Å². The highest BCUT2D eigenvalue weighted by molar-refractivity contribution is 6.01. The zero-order valence-corrected chi connectivity index (χ0v) is 18.6. The molecule has 0 spiro atoms. The SMILES string of the molecule is O=C(CN1C(=O)CCCN(c2nc3ccccc3[nH]2)CCNC1=O)Nc1ccc(C(F)(F)F)cc1.[HH].[HH].[HH]. The highest BCUT2D eigenvalue weighted by atomic mass is 19.4. The summed E-state index contributed by atoms with van der Waals surface area (Å²) in [7, 11) is 0. The van der Waals surface area contributed by atoms with Crippen LogP contribution in [0.2, 0.25) is 0 Å². The molecule has 0 bridgehead atoms. The highest BCUT2D eigenvalue weighted by Gasteiger charge is 2.30. The van der Waals surface area contributed by atoms with Crippen LogP contribution in [-0.4, -0.2) is 58.9 Å². The minimum Gasteiger partial charge on any atom is -0.341 e. The standard InChI is InChI=1S/C23H23F3N6O3.3H2/c24-23(25,26)15-7-9-16(10-8-15)28-19(33)14-32-20(34)6-3-12-31(13-11-27-22(32)35)21-29-17-4-1-2-5-18(17)30-21;;;/h1-2,4-5,7-10H,3,6,11-14H2,(H,27,35)(H,28,33)(H,29,30);3*1H. The molecule has 35 heavy (non-hydrogen) atoms. The molecule has 3 N–H and O–H groups in total. The molecule has 9 nitrogen and oxygen atoms in total. The molecule has 0 aliphatic carbocycles. The van der Waals surface area contributed by atoms with Gasteiger partial charge >= 0.3 is 12.2 Å². The van der Waals surface area contributed by atoms with Crippen LogP contribution in [0.15, 0.2) is 48.5 Å². The molecule has 1 aromatic heterocycles. The molecule has 0 atom stereocenters. The number of alkyl halides is 3. The molecular weight excluding hydrogens is 465 g/mol. The summed E-state index contributed by atoms with van der Waals surface area (Å²) in [5.41, 5.74) is 0.964. The largest absolute Gasteiger partial charge is 0.416 e. The second-order valence-corrected chi connectivity index (χ2v) is 8.00. The lowest BCUT2D eigenvalue weighted by Crippen LogP contribution is -2.50. The summed E-state index contributed by atoms with van der Waals surface area (Å²) in [5.74, 6) is -0.591. The average molecular weight is 495 g/mol. The molecule has 1 aliphatic rings. The topological polar surface area (TPSA) is 110 Å². The fourth-order valence-electron chi connectivity index (χ4n) is 3.72. The highest BCUT2D eigenvalue weighted by Crippen LogP contribution is 2.29. The first kappa shape index (κ1) is 24.0. The van der Waals surface area contributed by atoms with Gasteiger partial charge in [0.2, 0.25) is 17.8 Å². The number of rotatable bonds is 4. The fraction of sp³-hybridized carbons (Fsp3) is 0.304. The Morgan fingerprint density at radius 2 is 1.83 bits per heavy atom. The Labute approximate surface area is 202 Å². The first-order valence-corrected chi connectivity index (χ1v) is 11.0. The number of fused-ring (bicyclic) bond motifs is 1. The number of carbonyl (C=O) groups is 3. The van der Waals surface area contributed by atoms with E-state index in [9.17, 15) is 27.6 Å². The number of benzene rings is 2. The monoisotopic (exact) mass is 494 g/mol. The Bertz CT molecular complexity index is 1190. The van der Waals surface area contributed by atoms with E-state index in [1.807, 2.05) is 29.2 Å². The zero-order chi connectivity index (χ0) is 25.0. The van der Waals surface area contributed by atoms with Crippen molar-refractivity contribution in [1.29, 1.82) is 0 Å². The van der Waals surface area contributed by atoms with E-state index in [4.69, 9.17) is 0 Å². The summed E-state index contributed by atoms with van der Waals surface area (Å²) < 4.78 is 38.1.